The summed E-state index contributed by atoms with van der Waals surface area (Å²) < 4.78 is 22.6. The van der Waals surface area contributed by atoms with Crippen molar-refractivity contribution < 1.29 is 8.42 Å². The molecule has 0 aliphatic heterocycles. The molecule has 1 unspecified atom stereocenters. The molecule has 2 N–H and O–H groups in total. The summed E-state index contributed by atoms with van der Waals surface area (Å²) >= 11 is 0. The number of nitrogens with one attached hydrogen (secondary N) is 2. The van der Waals surface area contributed by atoms with Crippen LogP contribution >= 0.6 is 24.0 Å². The van der Waals surface area contributed by atoms with E-state index in [4.69, 9.17) is 0 Å². The summed E-state index contributed by atoms with van der Waals surface area (Å²) in [5.74, 6) is 0.877. The molecule has 0 aromatic heterocycles. The number of nitrogens with zero attached hydrogens (tertiary/aromatic N) is 1. The Kier molecular flexibility index (Phi) is 9.35. The van der Waals surface area contributed by atoms with E-state index in [0.29, 0.717) is 18.9 Å². The first-order chi connectivity index (χ1) is 11.9. The van der Waals surface area contributed by atoms with Crippen molar-refractivity contribution in [3.05, 3.63) is 48.0 Å². The largest absolute Gasteiger partial charge is 0.357 e. The summed E-state index contributed by atoms with van der Waals surface area (Å²) in [6.45, 7) is 5.30. The maximum atomic E-state index is 11.3. The summed E-state index contributed by atoms with van der Waals surface area (Å²) in [5, 5.41) is 8.90. The Morgan fingerprint density at radius 3 is 2.50 bits per heavy atom. The quantitative estimate of drug-likeness (QED) is 0.356. The SMILES string of the molecule is CCNC(=NCc1ccc2ccccc2c1)NC(C)CCS(C)(=O)=O.I. The van der Waals surface area contributed by atoms with Gasteiger partial charge < -0.3 is 10.6 Å². The van der Waals surface area contributed by atoms with Crippen LogP contribution in [-0.4, -0.2) is 39.0 Å². The van der Waals surface area contributed by atoms with E-state index >= 15 is 0 Å². The molecule has 0 fully saturated rings. The van der Waals surface area contributed by atoms with Crippen LogP contribution in [0.25, 0.3) is 10.8 Å². The third-order valence-corrected chi connectivity index (χ3v) is 4.86. The maximum Gasteiger partial charge on any atom is 0.191 e. The van der Waals surface area contributed by atoms with Gasteiger partial charge in [0.05, 0.1) is 12.3 Å². The number of hydrogen-bond acceptors (Lipinski definition) is 3. The minimum absolute atomic E-state index is 0. The number of halogens is 1. The molecule has 2 rings (SSSR count). The second-order valence-corrected chi connectivity index (χ2v) is 8.60. The average molecular weight is 489 g/mol. The van der Waals surface area contributed by atoms with Gasteiger partial charge >= 0.3 is 0 Å². The van der Waals surface area contributed by atoms with E-state index in [2.05, 4.69) is 46.0 Å². The topological polar surface area (TPSA) is 70.6 Å². The number of aliphatic imine (C=N–C) groups is 1. The van der Waals surface area contributed by atoms with Crippen molar-refractivity contribution >= 4 is 50.5 Å². The van der Waals surface area contributed by atoms with E-state index in [1.165, 1.54) is 17.0 Å². The molecular weight excluding hydrogens is 461 g/mol. The van der Waals surface area contributed by atoms with Crippen molar-refractivity contribution in [1.29, 1.82) is 0 Å². The molecular formula is C19H28IN3O2S. The van der Waals surface area contributed by atoms with E-state index < -0.39 is 9.84 Å². The smallest absolute Gasteiger partial charge is 0.191 e. The van der Waals surface area contributed by atoms with E-state index in [9.17, 15) is 8.42 Å². The molecule has 0 heterocycles. The van der Waals surface area contributed by atoms with Gasteiger partial charge in [0.25, 0.3) is 0 Å². The summed E-state index contributed by atoms with van der Waals surface area (Å²) in [5.41, 5.74) is 1.14. The zero-order chi connectivity index (χ0) is 18.3. The highest BCUT2D eigenvalue weighted by molar-refractivity contribution is 14.0. The van der Waals surface area contributed by atoms with Gasteiger partial charge in [0.1, 0.15) is 9.84 Å². The molecule has 0 bridgehead atoms. The molecule has 7 heteroatoms. The molecule has 144 valence electrons. The van der Waals surface area contributed by atoms with Gasteiger partial charge in [0.2, 0.25) is 0 Å². The second kappa shape index (κ2) is 10.7. The molecule has 0 spiro atoms. The monoisotopic (exact) mass is 489 g/mol. The number of sulfone groups is 1. The number of guanidine groups is 1. The standard InChI is InChI=1S/C19H27N3O2S.HI/c1-4-20-19(22-15(2)11-12-25(3,23)24)21-14-16-9-10-17-7-5-6-8-18(17)13-16;/h5-10,13,15H,4,11-12,14H2,1-3H3,(H2,20,21,22);1H. The Bertz CT molecular complexity index is 838. The van der Waals surface area contributed by atoms with Crippen LogP contribution in [0.2, 0.25) is 0 Å². The van der Waals surface area contributed by atoms with Gasteiger partial charge in [-0.2, -0.15) is 0 Å². The Morgan fingerprint density at radius 1 is 1.15 bits per heavy atom. The first kappa shape index (κ1) is 22.7. The summed E-state index contributed by atoms with van der Waals surface area (Å²) in [6, 6.07) is 14.6. The zero-order valence-electron chi connectivity index (χ0n) is 15.5. The summed E-state index contributed by atoms with van der Waals surface area (Å²) in [6.07, 6.45) is 1.82. The molecule has 0 amide bonds. The van der Waals surface area contributed by atoms with Crippen molar-refractivity contribution in [3.63, 3.8) is 0 Å². The Hall–Kier alpha value is -1.35. The van der Waals surface area contributed by atoms with E-state index in [1.807, 2.05) is 26.0 Å². The number of hydrogen-bond donors (Lipinski definition) is 2. The van der Waals surface area contributed by atoms with Gasteiger partial charge in [-0.25, -0.2) is 13.4 Å². The summed E-state index contributed by atoms with van der Waals surface area (Å²) in [7, 11) is -2.94. The van der Waals surface area contributed by atoms with Gasteiger partial charge in [-0.3, -0.25) is 0 Å². The first-order valence-corrected chi connectivity index (χ1v) is 10.6. The average Bonchev–Trinajstić information content (AvgIpc) is 2.57. The molecule has 0 aliphatic carbocycles. The Morgan fingerprint density at radius 2 is 1.85 bits per heavy atom. The van der Waals surface area contributed by atoms with Gasteiger partial charge in [-0.05, 0) is 42.7 Å². The lowest BCUT2D eigenvalue weighted by molar-refractivity contribution is 0.581. The van der Waals surface area contributed by atoms with Crippen molar-refractivity contribution in [1.82, 2.24) is 10.6 Å². The third kappa shape index (κ3) is 7.90. The first-order valence-electron chi connectivity index (χ1n) is 8.57. The number of benzene rings is 2. The molecule has 0 saturated carbocycles. The van der Waals surface area contributed by atoms with E-state index in [1.54, 1.807) is 0 Å². The van der Waals surface area contributed by atoms with Crippen LogP contribution in [0.4, 0.5) is 0 Å². The molecule has 1 atom stereocenters. The molecule has 2 aromatic rings. The highest BCUT2D eigenvalue weighted by Gasteiger charge is 2.09. The molecule has 0 radical (unpaired) electrons. The van der Waals surface area contributed by atoms with Crippen LogP contribution in [0.1, 0.15) is 25.8 Å². The van der Waals surface area contributed by atoms with Crippen molar-refractivity contribution in [2.75, 3.05) is 18.6 Å². The number of fused-ring (bicyclic) bond motifs is 1. The predicted molar refractivity (Wildman–Crippen MR) is 121 cm³/mol. The maximum absolute atomic E-state index is 11.3. The van der Waals surface area contributed by atoms with Crippen LogP contribution in [-0.2, 0) is 16.4 Å². The molecule has 5 nitrogen and oxygen atoms in total. The minimum atomic E-state index is -2.94. The van der Waals surface area contributed by atoms with Gasteiger partial charge in [0, 0.05) is 18.8 Å². The van der Waals surface area contributed by atoms with Crippen molar-refractivity contribution in [3.8, 4) is 0 Å². The lowest BCUT2D eigenvalue weighted by Crippen LogP contribution is -2.42. The van der Waals surface area contributed by atoms with Crippen molar-refractivity contribution in [2.24, 2.45) is 4.99 Å². The highest BCUT2D eigenvalue weighted by atomic mass is 127. The fraction of sp³-hybridized carbons (Fsp3) is 0.421. The molecule has 2 aromatic carbocycles. The normalized spacial score (nSPS) is 13.1. The molecule has 26 heavy (non-hydrogen) atoms. The fourth-order valence-electron chi connectivity index (χ4n) is 2.52. The van der Waals surface area contributed by atoms with Crippen LogP contribution in [0.15, 0.2) is 47.5 Å². The van der Waals surface area contributed by atoms with Crippen molar-refractivity contribution in [2.45, 2.75) is 32.9 Å². The highest BCUT2D eigenvalue weighted by Crippen LogP contribution is 2.16. The zero-order valence-corrected chi connectivity index (χ0v) is 18.7. The molecule has 0 saturated heterocycles. The predicted octanol–water partition coefficient (Wildman–Crippen LogP) is 3.34. The summed E-state index contributed by atoms with van der Waals surface area (Å²) in [4.78, 5) is 4.62. The van der Waals surface area contributed by atoms with Gasteiger partial charge in [-0.1, -0.05) is 36.4 Å². The lowest BCUT2D eigenvalue weighted by Gasteiger charge is -2.17. The second-order valence-electron chi connectivity index (χ2n) is 6.34. The minimum Gasteiger partial charge on any atom is -0.357 e. The van der Waals surface area contributed by atoms with E-state index in [-0.39, 0.29) is 35.8 Å². The van der Waals surface area contributed by atoms with Gasteiger partial charge in [0.15, 0.2) is 5.96 Å². The third-order valence-electron chi connectivity index (χ3n) is 3.88. The fourth-order valence-corrected chi connectivity index (χ4v) is 3.31. The van der Waals surface area contributed by atoms with Crippen LogP contribution in [0.3, 0.4) is 0 Å². The Labute approximate surface area is 173 Å². The van der Waals surface area contributed by atoms with Gasteiger partial charge in [-0.15, -0.1) is 24.0 Å². The lowest BCUT2D eigenvalue weighted by atomic mass is 10.1. The van der Waals surface area contributed by atoms with E-state index in [0.717, 1.165) is 12.1 Å². The van der Waals surface area contributed by atoms with Crippen LogP contribution < -0.4 is 10.6 Å². The Balaban J connectivity index is 0.00000338. The molecule has 0 aliphatic rings. The number of rotatable bonds is 7. The van der Waals surface area contributed by atoms with Crippen LogP contribution in [0, 0.1) is 0 Å². The van der Waals surface area contributed by atoms with Crippen LogP contribution in [0.5, 0.6) is 0 Å².